The fraction of sp³-hybridized carbons (Fsp3) is 0.0667. The number of hydrogen-bond acceptors (Lipinski definition) is 2. The topological polar surface area (TPSA) is 25.8 Å². The number of hydrogen-bond donors (Lipinski definition) is 0. The molecule has 3 aromatic rings. The van der Waals surface area contributed by atoms with Gasteiger partial charge < -0.3 is 0 Å². The minimum Gasteiger partial charge on any atom is -0.261 e. The zero-order chi connectivity index (χ0) is 12.4. The van der Waals surface area contributed by atoms with Crippen molar-refractivity contribution in [3.8, 4) is 0 Å². The predicted molar refractivity (Wildman–Crippen MR) is 68.7 cm³/mol. The van der Waals surface area contributed by atoms with Crippen LogP contribution in [0.4, 0.5) is 4.39 Å². The molecule has 0 aliphatic carbocycles. The molecule has 0 saturated carbocycles. The lowest BCUT2D eigenvalue weighted by Gasteiger charge is -2.02. The van der Waals surface area contributed by atoms with Gasteiger partial charge in [0.05, 0.1) is 5.52 Å². The van der Waals surface area contributed by atoms with Gasteiger partial charge in [0.15, 0.2) is 0 Å². The lowest BCUT2D eigenvalue weighted by Crippen LogP contribution is -1.95. The molecule has 88 valence electrons. The van der Waals surface area contributed by atoms with Crippen LogP contribution in [0, 0.1) is 5.82 Å². The molecule has 0 amide bonds. The van der Waals surface area contributed by atoms with Gasteiger partial charge >= 0.3 is 0 Å². The molecule has 0 aliphatic heterocycles. The zero-order valence-electron chi connectivity index (χ0n) is 9.68. The highest BCUT2D eigenvalue weighted by Gasteiger charge is 2.02. The van der Waals surface area contributed by atoms with E-state index in [4.69, 9.17) is 0 Å². The highest BCUT2D eigenvalue weighted by atomic mass is 19.1. The first kappa shape index (κ1) is 10.8. The molecule has 0 radical (unpaired) electrons. The van der Waals surface area contributed by atoms with Crippen molar-refractivity contribution in [3.63, 3.8) is 0 Å². The molecule has 0 unspecified atom stereocenters. The predicted octanol–water partition coefficient (Wildman–Crippen LogP) is 3.36. The quantitative estimate of drug-likeness (QED) is 0.684. The fourth-order valence-corrected chi connectivity index (χ4v) is 1.94. The second kappa shape index (κ2) is 4.53. The summed E-state index contributed by atoms with van der Waals surface area (Å²) < 4.78 is 13.1. The number of para-hydroxylation sites is 1. The lowest BCUT2D eigenvalue weighted by molar-refractivity contribution is 0.622. The number of pyridine rings is 2. The number of nitrogens with zero attached hydrogens (tertiary/aromatic N) is 2. The molecule has 1 aromatic carbocycles. The Labute approximate surface area is 104 Å². The van der Waals surface area contributed by atoms with Gasteiger partial charge in [-0.2, -0.15) is 0 Å². The number of aromatic nitrogens is 2. The third-order valence-corrected chi connectivity index (χ3v) is 2.80. The molecule has 2 aromatic heterocycles. The van der Waals surface area contributed by atoms with Gasteiger partial charge in [-0.1, -0.05) is 24.3 Å². The minimum atomic E-state index is -0.263. The summed E-state index contributed by atoms with van der Waals surface area (Å²) in [6.07, 6.45) is 2.02. The fourth-order valence-electron chi connectivity index (χ4n) is 1.94. The first-order chi connectivity index (χ1) is 8.81. The number of rotatable bonds is 2. The molecule has 2 heterocycles. The number of halogens is 1. The molecule has 18 heavy (non-hydrogen) atoms. The molecule has 0 spiro atoms. The van der Waals surface area contributed by atoms with Gasteiger partial charge in [-0.3, -0.25) is 9.97 Å². The van der Waals surface area contributed by atoms with E-state index < -0.39 is 0 Å². The second-order valence-electron chi connectivity index (χ2n) is 4.14. The highest BCUT2D eigenvalue weighted by molar-refractivity contribution is 5.78. The highest BCUT2D eigenvalue weighted by Crippen LogP contribution is 2.14. The van der Waals surface area contributed by atoms with E-state index in [1.165, 1.54) is 18.3 Å². The summed E-state index contributed by atoms with van der Waals surface area (Å²) in [5.41, 5.74) is 2.54. The van der Waals surface area contributed by atoms with Gasteiger partial charge in [-0.15, -0.1) is 0 Å². The van der Waals surface area contributed by atoms with E-state index in [9.17, 15) is 4.39 Å². The summed E-state index contributed by atoms with van der Waals surface area (Å²) in [6, 6.07) is 14.7. The molecule has 0 bridgehead atoms. The standard InChI is InChI=1S/C15H11FN2/c16-12-7-8-17-14(9-12)10-13-6-5-11-3-1-2-4-15(11)18-13/h1-9H,10H2. The first-order valence-corrected chi connectivity index (χ1v) is 5.76. The molecule has 0 saturated heterocycles. The van der Waals surface area contributed by atoms with Gasteiger partial charge in [0, 0.05) is 29.4 Å². The van der Waals surface area contributed by atoms with Gasteiger partial charge in [0.1, 0.15) is 5.82 Å². The molecular weight excluding hydrogens is 227 g/mol. The van der Waals surface area contributed by atoms with E-state index in [0.717, 1.165) is 16.6 Å². The van der Waals surface area contributed by atoms with E-state index in [1.54, 1.807) is 0 Å². The largest absolute Gasteiger partial charge is 0.261 e. The molecule has 0 atom stereocenters. The van der Waals surface area contributed by atoms with Crippen LogP contribution in [0.5, 0.6) is 0 Å². The van der Waals surface area contributed by atoms with Crippen LogP contribution in [-0.4, -0.2) is 9.97 Å². The summed E-state index contributed by atoms with van der Waals surface area (Å²) >= 11 is 0. The maximum Gasteiger partial charge on any atom is 0.126 e. The monoisotopic (exact) mass is 238 g/mol. The van der Waals surface area contributed by atoms with Crippen LogP contribution >= 0.6 is 0 Å². The maximum atomic E-state index is 13.1. The summed E-state index contributed by atoms with van der Waals surface area (Å²) in [6.45, 7) is 0. The van der Waals surface area contributed by atoms with Crippen molar-refractivity contribution in [2.24, 2.45) is 0 Å². The van der Waals surface area contributed by atoms with Crippen LogP contribution < -0.4 is 0 Å². The molecular formula is C15H11FN2. The molecule has 2 nitrogen and oxygen atoms in total. The molecule has 0 aliphatic rings. The van der Waals surface area contributed by atoms with Gasteiger partial charge in [-0.05, 0) is 24.3 Å². The molecule has 3 heteroatoms. The lowest BCUT2D eigenvalue weighted by atomic mass is 10.1. The Morgan fingerprint density at radius 1 is 0.944 bits per heavy atom. The summed E-state index contributed by atoms with van der Waals surface area (Å²) in [5, 5.41) is 1.11. The zero-order valence-corrected chi connectivity index (χ0v) is 9.68. The third-order valence-electron chi connectivity index (χ3n) is 2.80. The number of benzene rings is 1. The average molecular weight is 238 g/mol. The van der Waals surface area contributed by atoms with Crippen molar-refractivity contribution in [1.29, 1.82) is 0 Å². The second-order valence-corrected chi connectivity index (χ2v) is 4.14. The van der Waals surface area contributed by atoms with Crippen LogP contribution in [0.15, 0.2) is 54.7 Å². The van der Waals surface area contributed by atoms with E-state index in [-0.39, 0.29) is 5.82 Å². The van der Waals surface area contributed by atoms with Crippen molar-refractivity contribution in [2.75, 3.05) is 0 Å². The van der Waals surface area contributed by atoms with Crippen LogP contribution in [-0.2, 0) is 6.42 Å². The van der Waals surface area contributed by atoms with Crippen LogP contribution in [0.25, 0.3) is 10.9 Å². The number of fused-ring (bicyclic) bond motifs is 1. The van der Waals surface area contributed by atoms with Gasteiger partial charge in [0.25, 0.3) is 0 Å². The smallest absolute Gasteiger partial charge is 0.126 e. The Morgan fingerprint density at radius 3 is 2.72 bits per heavy atom. The Morgan fingerprint density at radius 2 is 1.83 bits per heavy atom. The SMILES string of the molecule is Fc1ccnc(Cc2ccc3ccccc3n2)c1. The van der Waals surface area contributed by atoms with Crippen molar-refractivity contribution < 1.29 is 4.39 Å². The van der Waals surface area contributed by atoms with Crippen molar-refractivity contribution >= 4 is 10.9 Å². The Bertz CT molecular complexity index is 695. The normalized spacial score (nSPS) is 10.7. The van der Waals surface area contributed by atoms with Crippen LogP contribution in [0.3, 0.4) is 0 Å². The van der Waals surface area contributed by atoms with E-state index in [1.807, 2.05) is 36.4 Å². The van der Waals surface area contributed by atoms with Crippen molar-refractivity contribution in [2.45, 2.75) is 6.42 Å². The van der Waals surface area contributed by atoms with Crippen molar-refractivity contribution in [3.05, 3.63) is 71.9 Å². The van der Waals surface area contributed by atoms with Gasteiger partial charge in [-0.25, -0.2) is 4.39 Å². The summed E-state index contributed by atoms with van der Waals surface area (Å²) in [5.74, 6) is -0.263. The Balaban J connectivity index is 1.95. The molecule has 0 N–H and O–H groups in total. The Kier molecular flexibility index (Phi) is 2.73. The van der Waals surface area contributed by atoms with Crippen LogP contribution in [0.1, 0.15) is 11.4 Å². The van der Waals surface area contributed by atoms with E-state index in [2.05, 4.69) is 9.97 Å². The van der Waals surface area contributed by atoms with Crippen LogP contribution in [0.2, 0.25) is 0 Å². The summed E-state index contributed by atoms with van der Waals surface area (Å²) in [7, 11) is 0. The molecule has 0 fully saturated rings. The first-order valence-electron chi connectivity index (χ1n) is 5.76. The van der Waals surface area contributed by atoms with Crippen molar-refractivity contribution in [1.82, 2.24) is 9.97 Å². The van der Waals surface area contributed by atoms with E-state index >= 15 is 0 Å². The minimum absolute atomic E-state index is 0.263. The van der Waals surface area contributed by atoms with E-state index in [0.29, 0.717) is 12.1 Å². The average Bonchev–Trinajstić information content (AvgIpc) is 2.39. The Hall–Kier alpha value is -2.29. The third kappa shape index (κ3) is 2.20. The van der Waals surface area contributed by atoms with Gasteiger partial charge in [0.2, 0.25) is 0 Å². The summed E-state index contributed by atoms with van der Waals surface area (Å²) in [4.78, 5) is 8.67. The maximum absolute atomic E-state index is 13.1. The molecule has 3 rings (SSSR count).